The van der Waals surface area contributed by atoms with Crippen molar-refractivity contribution < 1.29 is 14.0 Å². The van der Waals surface area contributed by atoms with Crippen LogP contribution >= 0.6 is 0 Å². The molecule has 142 valence electrons. The molecule has 1 saturated heterocycles. The molecule has 7 heteroatoms. The fraction of sp³-hybridized carbons (Fsp3) is 0.400. The van der Waals surface area contributed by atoms with Crippen LogP contribution in [0.3, 0.4) is 0 Å². The predicted octanol–water partition coefficient (Wildman–Crippen LogP) is 2.52. The average Bonchev–Trinajstić information content (AvgIpc) is 2.83. The monoisotopic (exact) mass is 370 g/mol. The van der Waals surface area contributed by atoms with Gasteiger partial charge in [-0.25, -0.2) is 4.39 Å². The van der Waals surface area contributed by atoms with Crippen molar-refractivity contribution in [2.24, 2.45) is 5.92 Å². The molecule has 0 unspecified atom stereocenters. The maximum atomic E-state index is 13.2. The fourth-order valence-electron chi connectivity index (χ4n) is 3.30. The van der Waals surface area contributed by atoms with Gasteiger partial charge in [0.2, 0.25) is 5.91 Å². The van der Waals surface area contributed by atoms with E-state index < -0.39 is 0 Å². The summed E-state index contributed by atoms with van der Waals surface area (Å²) < 4.78 is 13.2. The van der Waals surface area contributed by atoms with Crippen molar-refractivity contribution in [3.05, 3.63) is 59.7 Å². The first-order valence-corrected chi connectivity index (χ1v) is 9.06. The van der Waals surface area contributed by atoms with Crippen LogP contribution in [0, 0.1) is 11.7 Å². The summed E-state index contributed by atoms with van der Waals surface area (Å²) in [5.74, 6) is -0.371. The summed E-state index contributed by atoms with van der Waals surface area (Å²) in [5.41, 5.74) is 1.14. The molecule has 1 aromatic heterocycles. The summed E-state index contributed by atoms with van der Waals surface area (Å²) in [7, 11) is 0. The highest BCUT2D eigenvalue weighted by Crippen LogP contribution is 2.22. The van der Waals surface area contributed by atoms with Crippen molar-refractivity contribution >= 4 is 11.8 Å². The van der Waals surface area contributed by atoms with Crippen LogP contribution in [0.2, 0.25) is 0 Å². The molecule has 1 aliphatic heterocycles. The molecule has 2 aromatic rings. The van der Waals surface area contributed by atoms with E-state index >= 15 is 0 Å². The first-order valence-electron chi connectivity index (χ1n) is 9.06. The number of nitrogens with zero attached hydrogens (tertiary/aromatic N) is 4. The van der Waals surface area contributed by atoms with E-state index in [1.165, 1.54) is 18.3 Å². The molecule has 1 aliphatic rings. The Bertz CT molecular complexity index is 795. The number of halogens is 1. The smallest absolute Gasteiger partial charge is 0.274 e. The third kappa shape index (κ3) is 4.48. The van der Waals surface area contributed by atoms with Gasteiger partial charge in [-0.05, 0) is 35.7 Å². The summed E-state index contributed by atoms with van der Waals surface area (Å²) in [6, 6.07) is 9.33. The van der Waals surface area contributed by atoms with E-state index in [4.69, 9.17) is 0 Å². The zero-order valence-corrected chi connectivity index (χ0v) is 15.5. The normalized spacial score (nSPS) is 17.9. The molecule has 0 saturated carbocycles. The minimum Gasteiger partial charge on any atom is -0.335 e. The summed E-state index contributed by atoms with van der Waals surface area (Å²) in [6.07, 6.45) is 1.76. The second-order valence-corrected chi connectivity index (χ2v) is 7.07. The molecule has 6 nitrogen and oxygen atoms in total. The van der Waals surface area contributed by atoms with Crippen LogP contribution < -0.4 is 0 Å². The van der Waals surface area contributed by atoms with Gasteiger partial charge in [0, 0.05) is 32.3 Å². The van der Waals surface area contributed by atoms with Crippen molar-refractivity contribution in [2.75, 3.05) is 13.1 Å². The molecule has 2 heterocycles. The van der Waals surface area contributed by atoms with Crippen LogP contribution in [0.5, 0.6) is 0 Å². The lowest BCUT2D eigenvalue weighted by atomic mass is 10.0. The van der Waals surface area contributed by atoms with E-state index in [-0.39, 0.29) is 41.7 Å². The summed E-state index contributed by atoms with van der Waals surface area (Å²) in [5, 5.41) is 7.66. The van der Waals surface area contributed by atoms with Crippen LogP contribution in [-0.2, 0) is 11.3 Å². The zero-order valence-electron chi connectivity index (χ0n) is 15.5. The molecule has 0 spiro atoms. The highest BCUT2D eigenvalue weighted by molar-refractivity contribution is 5.92. The Labute approximate surface area is 158 Å². The van der Waals surface area contributed by atoms with Crippen LogP contribution in [0.4, 0.5) is 4.39 Å². The molecule has 2 amide bonds. The number of rotatable bonds is 4. The van der Waals surface area contributed by atoms with Crippen LogP contribution in [0.25, 0.3) is 0 Å². The number of amides is 2. The molecule has 0 bridgehead atoms. The second kappa shape index (κ2) is 8.24. The number of hydrogen-bond donors (Lipinski definition) is 0. The average molecular weight is 370 g/mol. The SMILES string of the molecule is CC(C)[C@H]1CN(C(=O)c2cccnn2)CCC(=O)N1Cc1ccc(F)cc1. The predicted molar refractivity (Wildman–Crippen MR) is 98.1 cm³/mol. The van der Waals surface area contributed by atoms with Gasteiger partial charge >= 0.3 is 0 Å². The largest absolute Gasteiger partial charge is 0.335 e. The van der Waals surface area contributed by atoms with E-state index in [2.05, 4.69) is 10.2 Å². The highest BCUT2D eigenvalue weighted by Gasteiger charge is 2.34. The number of benzene rings is 1. The van der Waals surface area contributed by atoms with Crippen molar-refractivity contribution in [1.29, 1.82) is 0 Å². The maximum absolute atomic E-state index is 13.2. The summed E-state index contributed by atoms with van der Waals surface area (Å²) in [4.78, 5) is 29.1. The third-order valence-electron chi connectivity index (χ3n) is 4.84. The van der Waals surface area contributed by atoms with Gasteiger partial charge in [-0.1, -0.05) is 26.0 Å². The van der Waals surface area contributed by atoms with Crippen LogP contribution in [0.15, 0.2) is 42.6 Å². The van der Waals surface area contributed by atoms with Crippen molar-refractivity contribution in [3.8, 4) is 0 Å². The number of hydrogen-bond acceptors (Lipinski definition) is 4. The van der Waals surface area contributed by atoms with Crippen molar-refractivity contribution in [3.63, 3.8) is 0 Å². The van der Waals surface area contributed by atoms with Gasteiger partial charge in [-0.2, -0.15) is 5.10 Å². The Morgan fingerprint density at radius 1 is 1.26 bits per heavy atom. The van der Waals surface area contributed by atoms with E-state index in [0.29, 0.717) is 19.6 Å². The molecule has 1 aromatic carbocycles. The Morgan fingerprint density at radius 3 is 2.63 bits per heavy atom. The second-order valence-electron chi connectivity index (χ2n) is 7.07. The lowest BCUT2D eigenvalue weighted by molar-refractivity contribution is -0.134. The highest BCUT2D eigenvalue weighted by atomic mass is 19.1. The molecule has 1 fully saturated rings. The maximum Gasteiger partial charge on any atom is 0.274 e. The molecule has 0 aliphatic carbocycles. The number of carbonyl (C=O) groups is 2. The quantitative estimate of drug-likeness (QED) is 0.829. The first-order chi connectivity index (χ1) is 13.0. The molecule has 0 radical (unpaired) electrons. The van der Waals surface area contributed by atoms with Gasteiger partial charge in [0.05, 0.1) is 6.04 Å². The molecular weight excluding hydrogens is 347 g/mol. The van der Waals surface area contributed by atoms with Gasteiger partial charge in [0.1, 0.15) is 5.82 Å². The molecule has 3 rings (SSSR count). The Balaban J connectivity index is 1.82. The van der Waals surface area contributed by atoms with Gasteiger partial charge in [-0.15, -0.1) is 5.10 Å². The van der Waals surface area contributed by atoms with Crippen molar-refractivity contribution in [1.82, 2.24) is 20.0 Å². The number of aromatic nitrogens is 2. The Morgan fingerprint density at radius 2 is 2.00 bits per heavy atom. The van der Waals surface area contributed by atoms with Gasteiger partial charge < -0.3 is 9.80 Å². The molecule has 0 N–H and O–H groups in total. The lowest BCUT2D eigenvalue weighted by Crippen LogP contribution is -2.47. The standard InChI is InChI=1S/C20H23FN4O2/c1-14(2)18-13-24(20(27)17-4-3-10-22-23-17)11-9-19(26)25(18)12-15-5-7-16(21)8-6-15/h3-8,10,14,18H,9,11-13H2,1-2H3/t18-/m1/s1. The summed E-state index contributed by atoms with van der Waals surface area (Å²) >= 11 is 0. The third-order valence-corrected chi connectivity index (χ3v) is 4.84. The van der Waals surface area contributed by atoms with Gasteiger partial charge in [0.15, 0.2) is 5.69 Å². The van der Waals surface area contributed by atoms with E-state index in [1.807, 2.05) is 18.7 Å². The minimum atomic E-state index is -0.304. The zero-order chi connectivity index (χ0) is 19.4. The van der Waals surface area contributed by atoms with Crippen LogP contribution in [0.1, 0.15) is 36.3 Å². The first kappa shape index (κ1) is 18.9. The van der Waals surface area contributed by atoms with Crippen LogP contribution in [-0.4, -0.2) is 50.9 Å². The van der Waals surface area contributed by atoms with E-state index in [1.54, 1.807) is 29.2 Å². The Hall–Kier alpha value is -2.83. The van der Waals surface area contributed by atoms with E-state index in [9.17, 15) is 14.0 Å². The minimum absolute atomic E-state index is 0.00697. The van der Waals surface area contributed by atoms with E-state index in [0.717, 1.165) is 5.56 Å². The molecule has 27 heavy (non-hydrogen) atoms. The molecular formula is C20H23FN4O2. The Kier molecular flexibility index (Phi) is 5.78. The molecule has 1 atom stereocenters. The lowest BCUT2D eigenvalue weighted by Gasteiger charge is -2.34. The topological polar surface area (TPSA) is 66.4 Å². The number of carbonyl (C=O) groups excluding carboxylic acids is 2. The van der Waals surface area contributed by atoms with Gasteiger partial charge in [0.25, 0.3) is 5.91 Å². The fourth-order valence-corrected chi connectivity index (χ4v) is 3.30. The van der Waals surface area contributed by atoms with Gasteiger partial charge in [-0.3, -0.25) is 9.59 Å². The summed E-state index contributed by atoms with van der Waals surface area (Å²) in [6.45, 7) is 5.24. The van der Waals surface area contributed by atoms with Crippen molar-refractivity contribution in [2.45, 2.75) is 32.9 Å².